The number of anilines is 1. The number of benzene rings is 1. The zero-order valence-electron chi connectivity index (χ0n) is 8.95. The van der Waals surface area contributed by atoms with Crippen LogP contribution in [0.4, 0.5) is 10.1 Å². The number of hydrogen-bond acceptors (Lipinski definition) is 2. The van der Waals surface area contributed by atoms with E-state index in [1.54, 1.807) is 13.0 Å². The molecule has 0 aliphatic rings. The minimum atomic E-state index is -1.24. The number of rotatable bonds is 3. The molecule has 1 unspecified atom stereocenters. The molecule has 0 spiro atoms. The Kier molecular flexibility index (Phi) is 3.60. The Morgan fingerprint density at radius 1 is 1.44 bits per heavy atom. The Labute approximate surface area is 92.1 Å². The number of carboxylic acid groups (broad SMARTS) is 1. The van der Waals surface area contributed by atoms with Crippen molar-refractivity contribution in [1.82, 2.24) is 0 Å². The molecule has 16 heavy (non-hydrogen) atoms. The zero-order valence-corrected chi connectivity index (χ0v) is 8.95. The van der Waals surface area contributed by atoms with Crippen LogP contribution in [0.15, 0.2) is 18.2 Å². The molecule has 1 aromatic rings. The Morgan fingerprint density at radius 2 is 2.06 bits per heavy atom. The molecule has 5 heteroatoms. The fourth-order valence-corrected chi connectivity index (χ4v) is 1.13. The third-order valence-electron chi connectivity index (χ3n) is 2.23. The van der Waals surface area contributed by atoms with Gasteiger partial charge in [0.2, 0.25) is 5.91 Å². The third kappa shape index (κ3) is 2.56. The van der Waals surface area contributed by atoms with Crippen LogP contribution in [0.3, 0.4) is 0 Å². The molecule has 0 heterocycles. The van der Waals surface area contributed by atoms with Gasteiger partial charge in [-0.15, -0.1) is 0 Å². The van der Waals surface area contributed by atoms with Crippen LogP contribution < -0.4 is 5.32 Å². The average Bonchev–Trinajstić information content (AvgIpc) is 2.22. The number of nitrogens with one attached hydrogen (secondary N) is 1. The minimum Gasteiger partial charge on any atom is -0.481 e. The maximum Gasteiger partial charge on any atom is 0.315 e. The average molecular weight is 225 g/mol. The minimum absolute atomic E-state index is 0.0283. The highest BCUT2D eigenvalue weighted by molar-refractivity contribution is 6.04. The largest absolute Gasteiger partial charge is 0.481 e. The molecule has 86 valence electrons. The number of carbonyl (C=O) groups is 2. The van der Waals surface area contributed by atoms with Gasteiger partial charge in [0.25, 0.3) is 0 Å². The molecule has 0 aromatic heterocycles. The molecule has 1 amide bonds. The van der Waals surface area contributed by atoms with Crippen LogP contribution in [0, 0.1) is 18.7 Å². The molecule has 0 aliphatic carbocycles. The first-order valence-corrected chi connectivity index (χ1v) is 4.72. The predicted octanol–water partition coefficient (Wildman–Crippen LogP) is 1.79. The number of halogens is 1. The van der Waals surface area contributed by atoms with E-state index >= 15 is 0 Å². The van der Waals surface area contributed by atoms with E-state index in [9.17, 15) is 14.0 Å². The SMILES string of the molecule is Cc1cccc(F)c1NC(=O)C(C)C(=O)O. The summed E-state index contributed by atoms with van der Waals surface area (Å²) in [5.41, 5.74) is 0.575. The molecule has 4 nitrogen and oxygen atoms in total. The second-order valence-corrected chi connectivity index (χ2v) is 3.48. The van der Waals surface area contributed by atoms with Crippen molar-refractivity contribution < 1.29 is 19.1 Å². The number of para-hydroxylation sites is 1. The topological polar surface area (TPSA) is 66.4 Å². The van der Waals surface area contributed by atoms with Gasteiger partial charge in [-0.05, 0) is 25.5 Å². The van der Waals surface area contributed by atoms with Crippen molar-refractivity contribution in [3.05, 3.63) is 29.6 Å². The van der Waals surface area contributed by atoms with Crippen molar-refractivity contribution in [3.63, 3.8) is 0 Å². The highest BCUT2D eigenvalue weighted by Gasteiger charge is 2.21. The van der Waals surface area contributed by atoms with Gasteiger partial charge in [-0.1, -0.05) is 12.1 Å². The molecule has 0 aliphatic heterocycles. The smallest absolute Gasteiger partial charge is 0.315 e. The third-order valence-corrected chi connectivity index (χ3v) is 2.23. The second-order valence-electron chi connectivity index (χ2n) is 3.48. The molecule has 1 atom stereocenters. The van der Waals surface area contributed by atoms with Crippen molar-refractivity contribution >= 4 is 17.6 Å². The van der Waals surface area contributed by atoms with E-state index in [0.717, 1.165) is 0 Å². The van der Waals surface area contributed by atoms with Crippen LogP contribution in [-0.2, 0) is 9.59 Å². The highest BCUT2D eigenvalue weighted by atomic mass is 19.1. The lowest BCUT2D eigenvalue weighted by atomic mass is 10.1. The standard InChI is InChI=1S/C11H12FNO3/c1-6-4-3-5-8(12)9(6)13-10(14)7(2)11(15)16/h3-5,7H,1-2H3,(H,13,14)(H,15,16). The van der Waals surface area contributed by atoms with Crippen LogP contribution in [0.25, 0.3) is 0 Å². The normalized spacial score (nSPS) is 11.9. The Balaban J connectivity index is 2.89. The fraction of sp³-hybridized carbons (Fsp3) is 0.273. The summed E-state index contributed by atoms with van der Waals surface area (Å²) in [5, 5.41) is 10.9. The van der Waals surface area contributed by atoms with E-state index < -0.39 is 23.6 Å². The maximum absolute atomic E-state index is 13.3. The summed E-state index contributed by atoms with van der Waals surface area (Å²) in [5.74, 6) is -3.77. The van der Waals surface area contributed by atoms with Gasteiger partial charge in [-0.25, -0.2) is 4.39 Å². The molecule has 2 N–H and O–H groups in total. The van der Waals surface area contributed by atoms with Gasteiger partial charge >= 0.3 is 5.97 Å². The fourth-order valence-electron chi connectivity index (χ4n) is 1.13. The van der Waals surface area contributed by atoms with Gasteiger partial charge < -0.3 is 10.4 Å². The second kappa shape index (κ2) is 4.74. The first-order chi connectivity index (χ1) is 7.43. The first kappa shape index (κ1) is 12.2. The van der Waals surface area contributed by atoms with Gasteiger partial charge in [-0.2, -0.15) is 0 Å². The molecule has 0 bridgehead atoms. The number of hydrogen-bond donors (Lipinski definition) is 2. The van der Waals surface area contributed by atoms with E-state index in [2.05, 4.69) is 5.32 Å². The predicted molar refractivity (Wildman–Crippen MR) is 56.6 cm³/mol. The molecular weight excluding hydrogens is 213 g/mol. The van der Waals surface area contributed by atoms with Gasteiger partial charge in [0.05, 0.1) is 5.69 Å². The number of aryl methyl sites for hydroxylation is 1. The quantitative estimate of drug-likeness (QED) is 0.771. The summed E-state index contributed by atoms with van der Waals surface area (Å²) in [7, 11) is 0. The van der Waals surface area contributed by atoms with Gasteiger partial charge in [0.1, 0.15) is 11.7 Å². The molecule has 0 saturated carbocycles. The Hall–Kier alpha value is -1.91. The zero-order chi connectivity index (χ0) is 12.3. The summed E-state index contributed by atoms with van der Waals surface area (Å²) < 4.78 is 13.3. The van der Waals surface area contributed by atoms with Gasteiger partial charge in [0.15, 0.2) is 0 Å². The Morgan fingerprint density at radius 3 is 2.56 bits per heavy atom. The Bertz CT molecular complexity index is 411. The van der Waals surface area contributed by atoms with E-state index in [1.165, 1.54) is 19.1 Å². The summed E-state index contributed by atoms with van der Waals surface area (Å²) in [6.45, 7) is 2.87. The van der Waals surface area contributed by atoms with Crippen molar-refractivity contribution in [1.29, 1.82) is 0 Å². The molecule has 1 aromatic carbocycles. The lowest BCUT2D eigenvalue weighted by Crippen LogP contribution is -2.27. The molecule has 0 radical (unpaired) electrons. The first-order valence-electron chi connectivity index (χ1n) is 4.72. The molecule has 0 fully saturated rings. The molecular formula is C11H12FNO3. The summed E-state index contributed by atoms with van der Waals surface area (Å²) in [4.78, 5) is 21.9. The number of carbonyl (C=O) groups excluding carboxylic acids is 1. The maximum atomic E-state index is 13.3. The van der Waals surface area contributed by atoms with Crippen molar-refractivity contribution in [3.8, 4) is 0 Å². The number of amides is 1. The van der Waals surface area contributed by atoms with Crippen LogP contribution in [0.5, 0.6) is 0 Å². The van der Waals surface area contributed by atoms with Crippen LogP contribution >= 0.6 is 0 Å². The van der Waals surface area contributed by atoms with Crippen molar-refractivity contribution in [2.45, 2.75) is 13.8 Å². The summed E-state index contributed by atoms with van der Waals surface area (Å²) in [6, 6.07) is 4.35. The lowest BCUT2D eigenvalue weighted by Gasteiger charge is -2.11. The van der Waals surface area contributed by atoms with Crippen molar-refractivity contribution in [2.75, 3.05) is 5.32 Å². The highest BCUT2D eigenvalue weighted by Crippen LogP contribution is 2.19. The van der Waals surface area contributed by atoms with Gasteiger partial charge in [-0.3, -0.25) is 9.59 Å². The van der Waals surface area contributed by atoms with E-state index in [0.29, 0.717) is 5.56 Å². The van der Waals surface area contributed by atoms with E-state index in [-0.39, 0.29) is 5.69 Å². The van der Waals surface area contributed by atoms with Crippen molar-refractivity contribution in [2.24, 2.45) is 5.92 Å². The van der Waals surface area contributed by atoms with Crippen LogP contribution in [-0.4, -0.2) is 17.0 Å². The van der Waals surface area contributed by atoms with Gasteiger partial charge in [0, 0.05) is 0 Å². The summed E-state index contributed by atoms with van der Waals surface area (Å²) in [6.07, 6.45) is 0. The molecule has 1 rings (SSSR count). The number of aliphatic carboxylic acids is 1. The summed E-state index contributed by atoms with van der Waals surface area (Å²) >= 11 is 0. The van der Waals surface area contributed by atoms with Crippen LogP contribution in [0.2, 0.25) is 0 Å². The van der Waals surface area contributed by atoms with E-state index in [1.807, 2.05) is 0 Å². The van der Waals surface area contributed by atoms with E-state index in [4.69, 9.17) is 5.11 Å². The van der Waals surface area contributed by atoms with Crippen LogP contribution in [0.1, 0.15) is 12.5 Å². The lowest BCUT2D eigenvalue weighted by molar-refractivity contribution is -0.144. The molecule has 0 saturated heterocycles. The monoisotopic (exact) mass is 225 g/mol. The number of carboxylic acids is 1.